The Kier molecular flexibility index (Phi) is 8.58. The first-order valence-electron chi connectivity index (χ1n) is 10.3. The van der Waals surface area contributed by atoms with E-state index in [4.69, 9.17) is 9.73 Å². The van der Waals surface area contributed by atoms with Crippen molar-refractivity contribution in [3.8, 4) is 0 Å². The van der Waals surface area contributed by atoms with Gasteiger partial charge in [0.2, 0.25) is 0 Å². The first-order chi connectivity index (χ1) is 15.0. The number of fused-ring (bicyclic) bond motifs is 2. The summed E-state index contributed by atoms with van der Waals surface area (Å²) in [4.78, 5) is 11.1. The zero-order chi connectivity index (χ0) is 22.5. The Labute approximate surface area is 197 Å². The lowest BCUT2D eigenvalue weighted by atomic mass is 10.1. The maximum Gasteiger partial charge on any atom is 0.139 e. The second kappa shape index (κ2) is 11.0. The molecule has 0 unspecified atom stereocenters. The number of benzene rings is 1. The second-order valence-electron chi connectivity index (χ2n) is 8.13. The summed E-state index contributed by atoms with van der Waals surface area (Å²) < 4.78 is 19.2. The number of aliphatic imine (C=N–C) groups is 1. The van der Waals surface area contributed by atoms with Crippen LogP contribution < -0.4 is 5.32 Å². The van der Waals surface area contributed by atoms with E-state index in [9.17, 15) is 4.39 Å². The number of likely N-dealkylation sites (N-methyl/N-ethyl adjacent to an activating group) is 1. The van der Waals surface area contributed by atoms with E-state index in [2.05, 4.69) is 63.8 Å². The predicted octanol–water partition coefficient (Wildman–Crippen LogP) is 6.18. The van der Waals surface area contributed by atoms with Gasteiger partial charge in [0.05, 0.1) is 16.9 Å². The molecule has 0 amide bonds. The van der Waals surface area contributed by atoms with Crippen molar-refractivity contribution in [2.24, 2.45) is 4.99 Å². The van der Waals surface area contributed by atoms with Crippen LogP contribution in [0.2, 0.25) is 0 Å². The summed E-state index contributed by atoms with van der Waals surface area (Å²) in [5, 5.41) is 4.49. The maximum absolute atomic E-state index is 13.9. The van der Waals surface area contributed by atoms with Gasteiger partial charge in [0.25, 0.3) is 0 Å². The molecule has 0 spiro atoms. The molecule has 9 heteroatoms. The molecule has 0 aliphatic carbocycles. The van der Waals surface area contributed by atoms with Gasteiger partial charge in [-0.15, -0.1) is 11.3 Å². The molecule has 3 heterocycles. The third-order valence-corrected chi connectivity index (χ3v) is 7.08. The van der Waals surface area contributed by atoms with E-state index in [-0.39, 0.29) is 5.82 Å². The standard InChI is InChI=1S/C22H29FN4OS.Cl2/c1-14(2)20-12-17-21(27-9-8-26(3)16(13-27)7-10-28-4)24-18-6-5-15(23)11-19(18)25-22(17)29-20;1-2/h5-6,11-12,14,16,25H,7-10,13H2,1-4H3;/t16-;/m0./s1. The number of ether oxygens (including phenoxy) is 1. The third kappa shape index (κ3) is 5.52. The van der Waals surface area contributed by atoms with E-state index >= 15 is 0 Å². The quantitative estimate of drug-likeness (QED) is 0.560. The van der Waals surface area contributed by atoms with Gasteiger partial charge in [-0.3, -0.25) is 4.90 Å². The summed E-state index contributed by atoms with van der Waals surface area (Å²) in [5.41, 5.74) is 2.62. The minimum atomic E-state index is -0.253. The number of halogens is 3. The molecule has 1 aromatic carbocycles. The average Bonchev–Trinajstić information content (AvgIpc) is 3.12. The molecule has 1 fully saturated rings. The van der Waals surface area contributed by atoms with E-state index in [1.807, 2.05) is 0 Å². The monoisotopic (exact) mass is 486 g/mol. The maximum atomic E-state index is 13.9. The number of thiophene rings is 1. The molecule has 0 bridgehead atoms. The number of nitrogens with zero attached hydrogens (tertiary/aromatic N) is 3. The minimum Gasteiger partial charge on any atom is -0.385 e. The molecule has 1 atom stereocenters. The van der Waals surface area contributed by atoms with Gasteiger partial charge in [-0.05, 0) is 43.7 Å². The fraction of sp³-hybridized carbons (Fsp3) is 0.500. The van der Waals surface area contributed by atoms with Crippen molar-refractivity contribution < 1.29 is 9.13 Å². The Morgan fingerprint density at radius 3 is 2.77 bits per heavy atom. The van der Waals surface area contributed by atoms with Gasteiger partial charge in [-0.2, -0.15) is 0 Å². The zero-order valence-electron chi connectivity index (χ0n) is 18.3. The van der Waals surface area contributed by atoms with E-state index < -0.39 is 0 Å². The lowest BCUT2D eigenvalue weighted by Crippen LogP contribution is -2.53. The van der Waals surface area contributed by atoms with Gasteiger partial charge in [-0.1, -0.05) is 13.8 Å². The summed E-state index contributed by atoms with van der Waals surface area (Å²) in [7, 11) is 12.2. The van der Waals surface area contributed by atoms with Crippen LogP contribution in [0.5, 0.6) is 0 Å². The van der Waals surface area contributed by atoms with E-state index in [0.29, 0.717) is 12.0 Å². The van der Waals surface area contributed by atoms with E-state index in [1.54, 1.807) is 24.5 Å². The number of rotatable bonds is 4. The summed E-state index contributed by atoms with van der Waals surface area (Å²) in [6, 6.07) is 7.44. The number of hydrogen-bond donors (Lipinski definition) is 1. The van der Waals surface area contributed by atoms with Crippen molar-refractivity contribution in [3.63, 3.8) is 0 Å². The second-order valence-corrected chi connectivity index (χ2v) is 9.21. The highest BCUT2D eigenvalue weighted by Gasteiger charge is 2.30. The fourth-order valence-electron chi connectivity index (χ4n) is 3.90. The fourth-order valence-corrected chi connectivity index (χ4v) is 4.97. The Bertz CT molecular complexity index is 921. The molecular formula is C22H29Cl2FN4OS. The first-order valence-corrected chi connectivity index (χ1v) is 12.3. The van der Waals surface area contributed by atoms with E-state index in [1.165, 1.54) is 17.0 Å². The Morgan fingerprint density at radius 1 is 1.29 bits per heavy atom. The molecule has 2 aliphatic heterocycles. The molecule has 31 heavy (non-hydrogen) atoms. The number of nitrogens with one attached hydrogen (secondary N) is 1. The molecule has 0 saturated carbocycles. The largest absolute Gasteiger partial charge is 0.385 e. The van der Waals surface area contributed by atoms with Gasteiger partial charge in [-0.25, -0.2) is 9.38 Å². The van der Waals surface area contributed by atoms with Crippen LogP contribution in [0.4, 0.5) is 20.8 Å². The highest BCUT2D eigenvalue weighted by Crippen LogP contribution is 2.41. The highest BCUT2D eigenvalue weighted by molar-refractivity contribution is 7.16. The Balaban J connectivity index is 0.00000132. The number of amidine groups is 1. The van der Waals surface area contributed by atoms with Crippen LogP contribution in [0.3, 0.4) is 0 Å². The smallest absolute Gasteiger partial charge is 0.139 e. The van der Waals surface area contributed by atoms with Crippen molar-refractivity contribution in [1.29, 1.82) is 0 Å². The highest BCUT2D eigenvalue weighted by atomic mass is 36.5. The summed E-state index contributed by atoms with van der Waals surface area (Å²) in [6.45, 7) is 7.95. The van der Waals surface area contributed by atoms with Crippen molar-refractivity contribution in [2.45, 2.75) is 32.2 Å². The molecule has 1 saturated heterocycles. The number of piperazine rings is 1. The summed E-state index contributed by atoms with van der Waals surface area (Å²) in [6.07, 6.45) is 0.991. The van der Waals surface area contributed by atoms with Gasteiger partial charge in [0, 0.05) is 66.0 Å². The van der Waals surface area contributed by atoms with Crippen LogP contribution in [0.25, 0.3) is 0 Å². The molecule has 0 radical (unpaired) electrons. The SMILES string of the molecule is COCC[C@H]1CN(C2=Nc3ccc(F)cc3Nc3sc(C(C)C)cc32)CCN1C.ClCl. The van der Waals surface area contributed by atoms with Gasteiger partial charge in [0.15, 0.2) is 0 Å². The van der Waals surface area contributed by atoms with Crippen LogP contribution in [0, 0.1) is 5.82 Å². The van der Waals surface area contributed by atoms with Crippen molar-refractivity contribution in [2.75, 3.05) is 45.7 Å². The molecule has 2 aliphatic rings. The molecule has 1 N–H and O–H groups in total. The van der Waals surface area contributed by atoms with Crippen molar-refractivity contribution >= 4 is 55.3 Å². The summed E-state index contributed by atoms with van der Waals surface area (Å²) in [5.74, 6) is 1.16. The first kappa shape index (κ1) is 24.3. The Morgan fingerprint density at radius 2 is 2.06 bits per heavy atom. The van der Waals surface area contributed by atoms with Crippen LogP contribution in [-0.4, -0.2) is 62.1 Å². The van der Waals surface area contributed by atoms with Crippen molar-refractivity contribution in [3.05, 3.63) is 40.5 Å². The molecular weight excluding hydrogens is 458 g/mol. The molecule has 2 aromatic rings. The topological polar surface area (TPSA) is 40.1 Å². The zero-order valence-corrected chi connectivity index (χ0v) is 20.6. The van der Waals surface area contributed by atoms with Gasteiger partial charge < -0.3 is 15.0 Å². The third-order valence-electron chi connectivity index (χ3n) is 5.73. The minimum absolute atomic E-state index is 0.253. The van der Waals surface area contributed by atoms with Crippen molar-refractivity contribution in [1.82, 2.24) is 9.80 Å². The molecule has 5 nitrogen and oxygen atoms in total. The average molecular weight is 487 g/mol. The van der Waals surface area contributed by atoms with Crippen LogP contribution >= 0.6 is 33.0 Å². The van der Waals surface area contributed by atoms with Crippen LogP contribution in [-0.2, 0) is 4.74 Å². The van der Waals surface area contributed by atoms with E-state index in [0.717, 1.165) is 60.4 Å². The Hall–Kier alpha value is -1.38. The molecule has 1 aromatic heterocycles. The molecule has 170 valence electrons. The number of hydrogen-bond acceptors (Lipinski definition) is 6. The van der Waals surface area contributed by atoms with Gasteiger partial charge >= 0.3 is 0 Å². The van der Waals surface area contributed by atoms with Crippen LogP contribution in [0.15, 0.2) is 29.3 Å². The lowest BCUT2D eigenvalue weighted by Gasteiger charge is -2.40. The summed E-state index contributed by atoms with van der Waals surface area (Å²) >= 11 is 1.74. The van der Waals surface area contributed by atoms with Crippen LogP contribution in [0.1, 0.15) is 36.6 Å². The predicted molar refractivity (Wildman–Crippen MR) is 130 cm³/mol. The lowest BCUT2D eigenvalue weighted by molar-refractivity contribution is 0.100. The molecule has 4 rings (SSSR count). The normalized spacial score (nSPS) is 18.4. The van der Waals surface area contributed by atoms with Gasteiger partial charge in [0.1, 0.15) is 16.7 Å². The number of methoxy groups -OCH3 is 1. The number of anilines is 2.